The molecule has 1 fully saturated rings. The molecule has 1 unspecified atom stereocenters. The van der Waals surface area contributed by atoms with E-state index in [1.165, 1.54) is 45.2 Å². The maximum Gasteiger partial charge on any atom is 0.0215 e. The summed E-state index contributed by atoms with van der Waals surface area (Å²) in [4.78, 5) is 2.69. The summed E-state index contributed by atoms with van der Waals surface area (Å²) in [6.45, 7) is 9.36. The van der Waals surface area contributed by atoms with Crippen LogP contribution in [0.1, 0.15) is 52.9 Å². The van der Waals surface area contributed by atoms with Crippen LogP contribution >= 0.6 is 0 Å². The van der Waals surface area contributed by atoms with Crippen LogP contribution in [0.25, 0.3) is 0 Å². The van der Waals surface area contributed by atoms with Crippen molar-refractivity contribution in [1.29, 1.82) is 0 Å². The summed E-state index contributed by atoms with van der Waals surface area (Å²) in [5.74, 6) is 0.725. The molecule has 0 aromatic rings. The van der Waals surface area contributed by atoms with Crippen LogP contribution in [0, 0.1) is 5.92 Å². The Bertz CT molecular complexity index is 174. The molecule has 1 saturated carbocycles. The lowest BCUT2D eigenvalue weighted by atomic mass is 9.93. The van der Waals surface area contributed by atoms with Crippen LogP contribution in [0.4, 0.5) is 0 Å². The average molecular weight is 226 g/mol. The third-order valence-corrected chi connectivity index (χ3v) is 4.10. The van der Waals surface area contributed by atoms with Crippen LogP contribution in [-0.2, 0) is 0 Å². The van der Waals surface area contributed by atoms with Gasteiger partial charge in [-0.2, -0.15) is 0 Å². The molecule has 0 heterocycles. The van der Waals surface area contributed by atoms with Crippen LogP contribution in [0.3, 0.4) is 0 Å². The highest BCUT2D eigenvalue weighted by molar-refractivity contribution is 4.80. The summed E-state index contributed by atoms with van der Waals surface area (Å²) in [5.41, 5.74) is 0. The van der Waals surface area contributed by atoms with Crippen LogP contribution in [0.5, 0.6) is 0 Å². The molecular weight excluding hydrogens is 196 g/mol. The molecular formula is C14H30N2. The summed E-state index contributed by atoms with van der Waals surface area (Å²) in [6, 6.07) is 1.50. The lowest BCUT2D eigenvalue weighted by Gasteiger charge is -2.36. The molecule has 1 N–H and O–H groups in total. The SMILES string of the molecule is CCN(CC(NC)C(C)C)C1CCCCC1. The van der Waals surface area contributed by atoms with E-state index in [1.807, 2.05) is 0 Å². The molecule has 0 radical (unpaired) electrons. The molecule has 0 aromatic heterocycles. The van der Waals surface area contributed by atoms with E-state index in [4.69, 9.17) is 0 Å². The highest BCUT2D eigenvalue weighted by atomic mass is 15.2. The van der Waals surface area contributed by atoms with Gasteiger partial charge in [-0.05, 0) is 32.4 Å². The van der Waals surface area contributed by atoms with Gasteiger partial charge in [0.25, 0.3) is 0 Å². The Kier molecular flexibility index (Phi) is 6.37. The Labute approximate surface area is 102 Å². The molecule has 0 amide bonds. The van der Waals surface area contributed by atoms with Gasteiger partial charge >= 0.3 is 0 Å². The second-order valence-electron chi connectivity index (χ2n) is 5.52. The molecule has 1 atom stereocenters. The van der Waals surface area contributed by atoms with Crippen molar-refractivity contribution in [3.63, 3.8) is 0 Å². The molecule has 0 saturated heterocycles. The van der Waals surface area contributed by atoms with Gasteiger partial charge in [0.2, 0.25) is 0 Å². The number of nitrogens with zero attached hydrogens (tertiary/aromatic N) is 1. The van der Waals surface area contributed by atoms with Crippen molar-refractivity contribution in [2.75, 3.05) is 20.1 Å². The Morgan fingerprint density at radius 2 is 1.81 bits per heavy atom. The third-order valence-electron chi connectivity index (χ3n) is 4.10. The minimum absolute atomic E-state index is 0.641. The maximum atomic E-state index is 3.46. The van der Waals surface area contributed by atoms with E-state index in [0.29, 0.717) is 6.04 Å². The van der Waals surface area contributed by atoms with Crippen molar-refractivity contribution in [2.45, 2.75) is 65.0 Å². The maximum absolute atomic E-state index is 3.46. The van der Waals surface area contributed by atoms with Crippen molar-refractivity contribution in [1.82, 2.24) is 10.2 Å². The average Bonchev–Trinajstić information content (AvgIpc) is 2.31. The molecule has 0 spiro atoms. The summed E-state index contributed by atoms with van der Waals surface area (Å²) in [5, 5.41) is 3.46. The van der Waals surface area contributed by atoms with Crippen molar-refractivity contribution in [3.05, 3.63) is 0 Å². The van der Waals surface area contributed by atoms with Gasteiger partial charge in [0.05, 0.1) is 0 Å². The van der Waals surface area contributed by atoms with E-state index in [-0.39, 0.29) is 0 Å². The Morgan fingerprint density at radius 1 is 1.19 bits per heavy atom. The van der Waals surface area contributed by atoms with Crippen molar-refractivity contribution in [2.24, 2.45) is 5.92 Å². The molecule has 1 aliphatic rings. The molecule has 1 rings (SSSR count). The highest BCUT2D eigenvalue weighted by Gasteiger charge is 2.23. The summed E-state index contributed by atoms with van der Waals surface area (Å²) < 4.78 is 0. The van der Waals surface area contributed by atoms with E-state index in [0.717, 1.165) is 12.0 Å². The molecule has 0 aliphatic heterocycles. The Hall–Kier alpha value is -0.0800. The lowest BCUT2D eigenvalue weighted by molar-refractivity contribution is 0.139. The fourth-order valence-corrected chi connectivity index (χ4v) is 2.87. The molecule has 2 nitrogen and oxygen atoms in total. The first-order valence-electron chi connectivity index (χ1n) is 7.10. The van der Waals surface area contributed by atoms with Gasteiger partial charge < -0.3 is 5.32 Å². The van der Waals surface area contributed by atoms with Gasteiger partial charge in [0.1, 0.15) is 0 Å². The summed E-state index contributed by atoms with van der Waals surface area (Å²) in [6.07, 6.45) is 7.17. The molecule has 0 aromatic carbocycles. The first-order chi connectivity index (χ1) is 7.69. The van der Waals surface area contributed by atoms with Crippen LogP contribution in [0.2, 0.25) is 0 Å². The monoisotopic (exact) mass is 226 g/mol. The zero-order chi connectivity index (χ0) is 12.0. The second kappa shape index (κ2) is 7.29. The van der Waals surface area contributed by atoms with Gasteiger partial charge in [-0.25, -0.2) is 0 Å². The minimum Gasteiger partial charge on any atom is -0.315 e. The van der Waals surface area contributed by atoms with E-state index in [1.54, 1.807) is 0 Å². The van der Waals surface area contributed by atoms with E-state index < -0.39 is 0 Å². The van der Waals surface area contributed by atoms with Crippen molar-refractivity contribution >= 4 is 0 Å². The van der Waals surface area contributed by atoms with Crippen LogP contribution < -0.4 is 5.32 Å². The molecule has 2 heteroatoms. The predicted octanol–water partition coefficient (Wildman–Crippen LogP) is 2.89. The number of likely N-dealkylation sites (N-methyl/N-ethyl adjacent to an activating group) is 2. The normalized spacial score (nSPS) is 20.6. The predicted molar refractivity (Wildman–Crippen MR) is 71.8 cm³/mol. The largest absolute Gasteiger partial charge is 0.315 e. The smallest absolute Gasteiger partial charge is 0.0215 e. The van der Waals surface area contributed by atoms with Gasteiger partial charge in [0.15, 0.2) is 0 Å². The van der Waals surface area contributed by atoms with Gasteiger partial charge in [-0.3, -0.25) is 4.90 Å². The molecule has 1 aliphatic carbocycles. The second-order valence-corrected chi connectivity index (χ2v) is 5.52. The standard InChI is InChI=1S/C14H30N2/c1-5-16(11-14(15-4)12(2)3)13-9-7-6-8-10-13/h12-15H,5-11H2,1-4H3. The Morgan fingerprint density at radius 3 is 2.25 bits per heavy atom. The van der Waals surface area contributed by atoms with Crippen molar-refractivity contribution < 1.29 is 0 Å². The van der Waals surface area contributed by atoms with E-state index in [2.05, 4.69) is 38.0 Å². The minimum atomic E-state index is 0.641. The fraction of sp³-hybridized carbons (Fsp3) is 1.00. The zero-order valence-electron chi connectivity index (χ0n) is 11.6. The number of hydrogen-bond donors (Lipinski definition) is 1. The molecule has 0 bridgehead atoms. The van der Waals surface area contributed by atoms with Gasteiger partial charge in [0, 0.05) is 18.6 Å². The van der Waals surface area contributed by atoms with E-state index in [9.17, 15) is 0 Å². The van der Waals surface area contributed by atoms with Gasteiger partial charge in [-0.1, -0.05) is 40.0 Å². The molecule has 96 valence electrons. The molecule has 16 heavy (non-hydrogen) atoms. The lowest BCUT2D eigenvalue weighted by Crippen LogP contribution is -2.47. The first-order valence-corrected chi connectivity index (χ1v) is 7.10. The Balaban J connectivity index is 2.45. The third kappa shape index (κ3) is 4.06. The zero-order valence-corrected chi connectivity index (χ0v) is 11.6. The summed E-state index contributed by atoms with van der Waals surface area (Å²) >= 11 is 0. The number of rotatable bonds is 6. The number of hydrogen-bond acceptors (Lipinski definition) is 2. The van der Waals surface area contributed by atoms with Gasteiger partial charge in [-0.15, -0.1) is 0 Å². The van der Waals surface area contributed by atoms with Crippen LogP contribution in [0.15, 0.2) is 0 Å². The van der Waals surface area contributed by atoms with Crippen molar-refractivity contribution in [3.8, 4) is 0 Å². The number of nitrogens with one attached hydrogen (secondary N) is 1. The first kappa shape index (κ1) is 14.0. The highest BCUT2D eigenvalue weighted by Crippen LogP contribution is 2.23. The topological polar surface area (TPSA) is 15.3 Å². The summed E-state index contributed by atoms with van der Waals surface area (Å²) in [7, 11) is 2.10. The van der Waals surface area contributed by atoms with Crippen LogP contribution in [-0.4, -0.2) is 37.1 Å². The van der Waals surface area contributed by atoms with E-state index >= 15 is 0 Å². The quantitative estimate of drug-likeness (QED) is 0.749. The fourth-order valence-electron chi connectivity index (χ4n) is 2.87.